The Bertz CT molecular complexity index is 2370. The number of benzene rings is 5. The van der Waals surface area contributed by atoms with Crippen LogP contribution < -0.4 is 20.1 Å². The first kappa shape index (κ1) is 36.5. The predicted octanol–water partition coefficient (Wildman–Crippen LogP) is 5.38. The van der Waals surface area contributed by atoms with E-state index in [0.717, 1.165) is 18.4 Å². The molecule has 4 aliphatic rings. The maximum atomic E-state index is 13.2. The van der Waals surface area contributed by atoms with E-state index in [2.05, 4.69) is 10.6 Å². The lowest BCUT2D eigenvalue weighted by molar-refractivity contribution is -0.119. The van der Waals surface area contributed by atoms with Crippen LogP contribution in [0.1, 0.15) is 68.3 Å². The summed E-state index contributed by atoms with van der Waals surface area (Å²) in [4.78, 5) is 52.5. The third kappa shape index (κ3) is 6.22. The summed E-state index contributed by atoms with van der Waals surface area (Å²) in [7, 11) is 0. The van der Waals surface area contributed by atoms with Crippen LogP contribution in [0, 0.1) is 0 Å². The van der Waals surface area contributed by atoms with Gasteiger partial charge in [-0.15, -0.1) is 0 Å². The molecule has 12 heteroatoms. The average Bonchev–Trinajstić information content (AvgIpc) is 3.58. The fourth-order valence-corrected chi connectivity index (χ4v) is 7.77. The molecule has 0 aromatic heterocycles. The predicted molar refractivity (Wildman–Crippen MR) is 207 cm³/mol. The van der Waals surface area contributed by atoms with Crippen LogP contribution in [0.15, 0.2) is 115 Å². The van der Waals surface area contributed by atoms with Gasteiger partial charge in [0.05, 0.1) is 11.4 Å². The van der Waals surface area contributed by atoms with E-state index >= 15 is 0 Å². The van der Waals surface area contributed by atoms with E-state index in [4.69, 9.17) is 9.47 Å². The molecule has 4 N–H and O–H groups in total. The van der Waals surface area contributed by atoms with Crippen molar-refractivity contribution in [1.29, 1.82) is 0 Å². The highest BCUT2D eigenvalue weighted by Crippen LogP contribution is 2.46. The van der Waals surface area contributed by atoms with Crippen molar-refractivity contribution >= 4 is 35.0 Å². The molecule has 9 rings (SSSR count). The van der Waals surface area contributed by atoms with Crippen LogP contribution in [0.3, 0.4) is 0 Å². The number of ether oxygens (including phenoxy) is 2. The Labute approximate surface area is 323 Å². The number of carbonyl (C=O) groups is 4. The number of nitrogens with one attached hydrogen (secondary N) is 2. The maximum Gasteiger partial charge on any atom is 0.262 e. The van der Waals surface area contributed by atoms with Gasteiger partial charge in [-0.05, 0) is 54.8 Å². The molecule has 0 spiro atoms. The molecule has 2 atom stereocenters. The molecule has 0 radical (unpaired) electrons. The number of unbranched alkanes of at least 4 members (excludes halogenated alkanes) is 1. The van der Waals surface area contributed by atoms with Gasteiger partial charge in [-0.3, -0.25) is 19.2 Å². The number of anilines is 2. The molecular weight excluding hydrogens is 713 g/mol. The molecule has 4 heterocycles. The highest BCUT2D eigenvalue weighted by Gasteiger charge is 2.51. The number of aliphatic hydroxyl groups is 2. The summed E-state index contributed by atoms with van der Waals surface area (Å²) in [5.41, 5.74) is 1.95. The van der Waals surface area contributed by atoms with Gasteiger partial charge in [-0.1, -0.05) is 92.2 Å². The quantitative estimate of drug-likeness (QED) is 0.165. The first-order chi connectivity index (χ1) is 27.1. The zero-order chi connectivity index (χ0) is 39.0. The minimum absolute atomic E-state index is 0.0272. The molecule has 0 fully saturated rings. The lowest BCUT2D eigenvalue weighted by Gasteiger charge is -2.35. The van der Waals surface area contributed by atoms with Gasteiger partial charge in [0.15, 0.2) is 24.7 Å². The Hall–Kier alpha value is -6.50. The van der Waals surface area contributed by atoms with E-state index in [0.29, 0.717) is 75.8 Å². The zero-order valence-electron chi connectivity index (χ0n) is 30.7. The first-order valence-electron chi connectivity index (χ1n) is 18.6. The van der Waals surface area contributed by atoms with Gasteiger partial charge < -0.3 is 40.1 Å². The Morgan fingerprint density at radius 2 is 1.07 bits per heavy atom. The number of rotatable bonds is 8. The summed E-state index contributed by atoms with van der Waals surface area (Å²) in [6, 6.07) is 34.3. The molecule has 0 bridgehead atoms. The topological polar surface area (TPSA) is 158 Å². The third-order valence-electron chi connectivity index (χ3n) is 10.6. The zero-order valence-corrected chi connectivity index (χ0v) is 30.7. The molecule has 4 amide bonds. The smallest absolute Gasteiger partial charge is 0.262 e. The molecular formula is C44H40N4O8. The van der Waals surface area contributed by atoms with Crippen LogP contribution >= 0.6 is 0 Å². The van der Waals surface area contributed by atoms with Crippen molar-refractivity contribution < 1.29 is 38.9 Å². The van der Waals surface area contributed by atoms with Gasteiger partial charge in [0.1, 0.15) is 11.5 Å². The van der Waals surface area contributed by atoms with Gasteiger partial charge in [-0.25, -0.2) is 0 Å². The van der Waals surface area contributed by atoms with Crippen LogP contribution in [0.5, 0.6) is 11.5 Å². The summed E-state index contributed by atoms with van der Waals surface area (Å²) in [5.74, 6) is 0.185. The van der Waals surface area contributed by atoms with Crippen molar-refractivity contribution in [2.45, 2.75) is 37.6 Å². The van der Waals surface area contributed by atoms with Crippen molar-refractivity contribution in [2.24, 2.45) is 0 Å². The molecule has 0 saturated carbocycles. The average molecular weight is 753 g/mol. The fourth-order valence-electron chi connectivity index (χ4n) is 7.77. The lowest BCUT2D eigenvalue weighted by Crippen LogP contribution is -2.45. The van der Waals surface area contributed by atoms with E-state index in [1.807, 2.05) is 43.3 Å². The standard InChI is InChI=1S/C24H20N2O4.C20H20N2O4/c27-22-15-30-21-11-10-17(14-20(21)25-22)24(29)19-9-5-4-8-18(19)23(28)26(24)13-12-16-6-2-1-3-7-16;1-2-3-10-22-19(24)14-6-4-5-7-15(14)20(22,25)13-8-9-17-16(11-13)21-18(23)12-26-17/h1-11,14,29H,12-13,15H2,(H,25,27);4-9,11,25H,2-3,10,12H2,1H3,(H,21,23). The second-order valence-corrected chi connectivity index (χ2v) is 14.0. The van der Waals surface area contributed by atoms with Crippen LogP contribution in [-0.2, 0) is 27.5 Å². The summed E-state index contributed by atoms with van der Waals surface area (Å²) in [5, 5.41) is 29.2. The van der Waals surface area contributed by atoms with Crippen molar-refractivity contribution in [3.63, 3.8) is 0 Å². The molecule has 56 heavy (non-hydrogen) atoms. The summed E-state index contributed by atoms with van der Waals surface area (Å²) < 4.78 is 10.8. The number of nitrogens with zero attached hydrogens (tertiary/aromatic N) is 2. The number of carbonyl (C=O) groups excluding carboxylic acids is 4. The van der Waals surface area contributed by atoms with E-state index in [-0.39, 0.29) is 36.8 Å². The van der Waals surface area contributed by atoms with Gasteiger partial charge in [0.25, 0.3) is 23.6 Å². The molecule has 0 saturated heterocycles. The second-order valence-electron chi connectivity index (χ2n) is 14.0. The summed E-state index contributed by atoms with van der Waals surface area (Å²) >= 11 is 0. The van der Waals surface area contributed by atoms with E-state index < -0.39 is 11.4 Å². The number of fused-ring (bicyclic) bond motifs is 4. The van der Waals surface area contributed by atoms with Gasteiger partial charge in [0.2, 0.25) is 0 Å². The summed E-state index contributed by atoms with van der Waals surface area (Å²) in [6.45, 7) is 2.76. The summed E-state index contributed by atoms with van der Waals surface area (Å²) in [6.07, 6.45) is 2.30. The highest BCUT2D eigenvalue weighted by molar-refractivity contribution is 6.02. The van der Waals surface area contributed by atoms with Crippen LogP contribution in [0.2, 0.25) is 0 Å². The van der Waals surface area contributed by atoms with Gasteiger partial charge in [0, 0.05) is 46.5 Å². The van der Waals surface area contributed by atoms with E-state index in [1.165, 1.54) is 9.80 Å². The Kier molecular flexibility index (Phi) is 9.53. The molecule has 12 nitrogen and oxygen atoms in total. The van der Waals surface area contributed by atoms with Crippen molar-refractivity contribution in [3.8, 4) is 11.5 Å². The SMILES string of the molecule is CCCCN1C(=O)c2ccccc2C1(O)c1ccc2c(c1)NC(=O)CO2.O=C1COc2ccc(C3(O)c4ccccc4C(=O)N3CCc3ccccc3)cc2N1. The van der Waals surface area contributed by atoms with E-state index in [9.17, 15) is 29.4 Å². The Balaban J connectivity index is 0.000000159. The number of hydrogen-bond acceptors (Lipinski definition) is 8. The first-order valence-corrected chi connectivity index (χ1v) is 18.6. The third-order valence-corrected chi connectivity index (χ3v) is 10.6. The highest BCUT2D eigenvalue weighted by atomic mass is 16.5. The molecule has 0 aliphatic carbocycles. The van der Waals surface area contributed by atoms with Crippen molar-refractivity contribution in [1.82, 2.24) is 9.80 Å². The number of amides is 4. The minimum atomic E-state index is -1.64. The minimum Gasteiger partial charge on any atom is -0.482 e. The Morgan fingerprint density at radius 1 is 0.607 bits per heavy atom. The second kappa shape index (κ2) is 14.6. The fraction of sp³-hybridized carbons (Fsp3) is 0.227. The number of hydrogen-bond donors (Lipinski definition) is 4. The van der Waals surface area contributed by atoms with Crippen LogP contribution in [0.4, 0.5) is 11.4 Å². The van der Waals surface area contributed by atoms with Gasteiger partial charge >= 0.3 is 0 Å². The molecule has 2 unspecified atom stereocenters. The van der Waals surface area contributed by atoms with E-state index in [1.54, 1.807) is 78.9 Å². The maximum absolute atomic E-state index is 13.2. The lowest BCUT2D eigenvalue weighted by atomic mass is 9.93. The van der Waals surface area contributed by atoms with Crippen LogP contribution in [0.25, 0.3) is 0 Å². The largest absolute Gasteiger partial charge is 0.482 e. The molecule has 284 valence electrons. The van der Waals surface area contributed by atoms with Crippen molar-refractivity contribution in [3.05, 3.63) is 154 Å². The van der Waals surface area contributed by atoms with Crippen LogP contribution in [-0.4, -0.2) is 69.9 Å². The molecule has 4 aliphatic heterocycles. The molecule has 5 aromatic rings. The monoisotopic (exact) mass is 752 g/mol. The van der Waals surface area contributed by atoms with Crippen molar-refractivity contribution in [2.75, 3.05) is 36.9 Å². The normalized spacial score (nSPS) is 20.3. The molecule has 5 aromatic carbocycles. The van der Waals surface area contributed by atoms with Gasteiger partial charge in [-0.2, -0.15) is 0 Å². The Morgan fingerprint density at radius 3 is 1.57 bits per heavy atom.